The molecule has 3 rings (SSSR count). The molecule has 0 amide bonds. The molecule has 0 unspecified atom stereocenters. The van der Waals surface area contributed by atoms with Crippen LogP contribution in [0.3, 0.4) is 0 Å². The van der Waals surface area contributed by atoms with Crippen molar-refractivity contribution in [1.82, 2.24) is 9.97 Å². The zero-order valence-electron chi connectivity index (χ0n) is 8.86. The van der Waals surface area contributed by atoms with Gasteiger partial charge in [0.2, 0.25) is 0 Å². The third-order valence-corrected chi connectivity index (χ3v) is 2.54. The van der Waals surface area contributed by atoms with Gasteiger partial charge in [0.1, 0.15) is 19.0 Å². The van der Waals surface area contributed by atoms with Gasteiger partial charge in [-0.05, 0) is 6.92 Å². The van der Waals surface area contributed by atoms with Crippen molar-refractivity contribution in [1.29, 1.82) is 0 Å². The smallest absolute Gasteiger partial charge is 0.163 e. The lowest BCUT2D eigenvalue weighted by molar-refractivity contribution is 0.172. The maximum absolute atomic E-state index is 5.72. The summed E-state index contributed by atoms with van der Waals surface area (Å²) in [5.41, 5.74) is 7.95. The summed E-state index contributed by atoms with van der Waals surface area (Å²) < 4.78 is 10.9. The highest BCUT2D eigenvalue weighted by Crippen LogP contribution is 2.33. The molecule has 0 saturated heterocycles. The predicted molar refractivity (Wildman–Crippen MR) is 59.7 cm³/mol. The van der Waals surface area contributed by atoms with E-state index in [0.29, 0.717) is 24.8 Å². The Morgan fingerprint density at radius 2 is 1.62 bits per heavy atom. The first-order chi connectivity index (χ1) is 7.74. The molecule has 0 fully saturated rings. The second kappa shape index (κ2) is 3.23. The minimum atomic E-state index is 0.448. The van der Waals surface area contributed by atoms with Crippen molar-refractivity contribution in [3.63, 3.8) is 0 Å². The number of nitrogens with two attached hydrogens (primary N) is 1. The van der Waals surface area contributed by atoms with E-state index in [-0.39, 0.29) is 0 Å². The molecule has 0 saturated carbocycles. The first-order valence-corrected chi connectivity index (χ1v) is 5.07. The molecule has 1 aliphatic rings. The number of hydrogen-bond donors (Lipinski definition) is 1. The number of hydrogen-bond acceptors (Lipinski definition) is 5. The summed E-state index contributed by atoms with van der Waals surface area (Å²) in [6, 6.07) is 3.65. The molecule has 2 heterocycles. The van der Waals surface area contributed by atoms with Gasteiger partial charge in [-0.15, -0.1) is 0 Å². The van der Waals surface area contributed by atoms with Crippen molar-refractivity contribution in [3.8, 4) is 11.5 Å². The number of ether oxygens (including phenoxy) is 2. The summed E-state index contributed by atoms with van der Waals surface area (Å²) in [7, 11) is 0. The summed E-state index contributed by atoms with van der Waals surface area (Å²) in [5.74, 6) is 1.87. The minimum absolute atomic E-state index is 0.448. The molecule has 0 bridgehead atoms. The monoisotopic (exact) mass is 217 g/mol. The Morgan fingerprint density at radius 1 is 1.06 bits per heavy atom. The molecule has 5 nitrogen and oxygen atoms in total. The quantitative estimate of drug-likeness (QED) is 0.720. The van der Waals surface area contributed by atoms with E-state index in [1.165, 1.54) is 0 Å². The average Bonchev–Trinajstić information content (AvgIpc) is 2.28. The Hall–Kier alpha value is -2.04. The van der Waals surface area contributed by atoms with Gasteiger partial charge in [0.15, 0.2) is 11.5 Å². The fraction of sp³-hybridized carbons (Fsp3) is 0.273. The summed E-state index contributed by atoms with van der Waals surface area (Å²) in [5, 5.41) is 0. The number of nitrogen functional groups attached to an aromatic ring is 1. The van der Waals surface area contributed by atoms with Gasteiger partial charge < -0.3 is 15.2 Å². The van der Waals surface area contributed by atoms with Gasteiger partial charge in [-0.25, -0.2) is 9.97 Å². The van der Waals surface area contributed by atoms with Crippen molar-refractivity contribution in [2.24, 2.45) is 0 Å². The molecule has 1 aliphatic heterocycles. The van der Waals surface area contributed by atoms with Gasteiger partial charge in [-0.2, -0.15) is 0 Å². The van der Waals surface area contributed by atoms with Crippen LogP contribution in [0.5, 0.6) is 11.5 Å². The van der Waals surface area contributed by atoms with Crippen LogP contribution in [-0.2, 0) is 0 Å². The molecule has 1 aromatic heterocycles. The molecular formula is C11H11N3O2. The normalized spacial score (nSPS) is 14.1. The standard InChI is InChI=1S/C11H11N3O2/c1-6-11(12)14-8-5-10-9(4-7(8)13-6)15-2-3-16-10/h4-5H,2-3H2,1H3,(H2,12,14). The van der Waals surface area contributed by atoms with Crippen LogP contribution in [0.4, 0.5) is 5.82 Å². The molecule has 16 heavy (non-hydrogen) atoms. The van der Waals surface area contributed by atoms with Crippen LogP contribution in [0.1, 0.15) is 5.69 Å². The van der Waals surface area contributed by atoms with Gasteiger partial charge in [0, 0.05) is 12.1 Å². The minimum Gasteiger partial charge on any atom is -0.486 e. The lowest BCUT2D eigenvalue weighted by Gasteiger charge is -2.18. The maximum Gasteiger partial charge on any atom is 0.163 e. The van der Waals surface area contributed by atoms with Crippen LogP contribution in [-0.4, -0.2) is 23.2 Å². The average molecular weight is 217 g/mol. The Morgan fingerprint density at radius 3 is 2.25 bits per heavy atom. The van der Waals surface area contributed by atoms with Crippen LogP contribution >= 0.6 is 0 Å². The van der Waals surface area contributed by atoms with E-state index in [2.05, 4.69) is 9.97 Å². The highest BCUT2D eigenvalue weighted by molar-refractivity contribution is 5.80. The molecule has 2 N–H and O–H groups in total. The number of nitrogens with zero attached hydrogens (tertiary/aromatic N) is 2. The summed E-state index contributed by atoms with van der Waals surface area (Å²) >= 11 is 0. The second-order valence-corrected chi connectivity index (χ2v) is 3.68. The third-order valence-electron chi connectivity index (χ3n) is 2.54. The van der Waals surface area contributed by atoms with E-state index in [1.54, 1.807) is 0 Å². The molecule has 0 atom stereocenters. The molecule has 1 aromatic carbocycles. The van der Waals surface area contributed by atoms with E-state index in [4.69, 9.17) is 15.2 Å². The second-order valence-electron chi connectivity index (χ2n) is 3.68. The number of fused-ring (bicyclic) bond motifs is 2. The Kier molecular flexibility index (Phi) is 1.86. The van der Waals surface area contributed by atoms with Gasteiger partial charge in [0.05, 0.1) is 16.7 Å². The van der Waals surface area contributed by atoms with Crippen molar-refractivity contribution < 1.29 is 9.47 Å². The molecular weight excluding hydrogens is 206 g/mol. The molecule has 5 heteroatoms. The molecule has 0 aliphatic carbocycles. The predicted octanol–water partition coefficient (Wildman–Crippen LogP) is 1.29. The van der Waals surface area contributed by atoms with Crippen molar-refractivity contribution in [2.75, 3.05) is 18.9 Å². The number of aromatic nitrogens is 2. The zero-order chi connectivity index (χ0) is 11.1. The van der Waals surface area contributed by atoms with Crippen molar-refractivity contribution in [2.45, 2.75) is 6.92 Å². The molecule has 0 radical (unpaired) electrons. The SMILES string of the molecule is Cc1nc2cc3c(cc2nc1N)OCCO3. The Labute approximate surface area is 92.2 Å². The first kappa shape index (κ1) is 9.21. The van der Waals surface area contributed by atoms with Gasteiger partial charge >= 0.3 is 0 Å². The fourth-order valence-corrected chi connectivity index (χ4v) is 1.70. The summed E-state index contributed by atoms with van der Waals surface area (Å²) in [6.45, 7) is 2.96. The first-order valence-electron chi connectivity index (χ1n) is 5.07. The molecule has 0 spiro atoms. The molecule has 82 valence electrons. The summed E-state index contributed by atoms with van der Waals surface area (Å²) in [6.07, 6.45) is 0. The topological polar surface area (TPSA) is 70.3 Å². The highest BCUT2D eigenvalue weighted by Gasteiger charge is 2.14. The lowest BCUT2D eigenvalue weighted by Crippen LogP contribution is -2.15. The van der Waals surface area contributed by atoms with Crippen LogP contribution < -0.4 is 15.2 Å². The number of anilines is 1. The number of rotatable bonds is 0. The van der Waals surface area contributed by atoms with Gasteiger partial charge in [-0.3, -0.25) is 0 Å². The van der Waals surface area contributed by atoms with Crippen LogP contribution in [0.15, 0.2) is 12.1 Å². The molecule has 2 aromatic rings. The van der Waals surface area contributed by atoms with E-state index in [9.17, 15) is 0 Å². The number of aryl methyl sites for hydroxylation is 1. The highest BCUT2D eigenvalue weighted by atomic mass is 16.6. The fourth-order valence-electron chi connectivity index (χ4n) is 1.70. The van der Waals surface area contributed by atoms with Gasteiger partial charge in [0.25, 0.3) is 0 Å². The van der Waals surface area contributed by atoms with Crippen molar-refractivity contribution >= 4 is 16.9 Å². The van der Waals surface area contributed by atoms with Crippen LogP contribution in [0, 0.1) is 6.92 Å². The summed E-state index contributed by atoms with van der Waals surface area (Å²) in [4.78, 5) is 8.62. The van der Waals surface area contributed by atoms with Gasteiger partial charge in [-0.1, -0.05) is 0 Å². The van der Waals surface area contributed by atoms with Crippen LogP contribution in [0.25, 0.3) is 11.0 Å². The maximum atomic E-state index is 5.72. The van der Waals surface area contributed by atoms with Crippen molar-refractivity contribution in [3.05, 3.63) is 17.8 Å². The lowest BCUT2D eigenvalue weighted by atomic mass is 10.2. The van der Waals surface area contributed by atoms with E-state index in [0.717, 1.165) is 22.5 Å². The third kappa shape index (κ3) is 1.32. The van der Waals surface area contributed by atoms with E-state index in [1.807, 2.05) is 19.1 Å². The van der Waals surface area contributed by atoms with E-state index < -0.39 is 0 Å². The zero-order valence-corrected chi connectivity index (χ0v) is 8.86. The number of benzene rings is 1. The largest absolute Gasteiger partial charge is 0.486 e. The van der Waals surface area contributed by atoms with E-state index >= 15 is 0 Å². The Bertz CT molecular complexity index is 518. The Balaban J connectivity index is 2.27. The van der Waals surface area contributed by atoms with Crippen LogP contribution in [0.2, 0.25) is 0 Å².